The average Bonchev–Trinajstić information content (AvgIpc) is 3.30. The van der Waals surface area contributed by atoms with Crippen LogP contribution in [0.2, 0.25) is 5.02 Å². The summed E-state index contributed by atoms with van der Waals surface area (Å²) >= 11 is 5.89. The van der Waals surface area contributed by atoms with E-state index in [1.54, 1.807) is 50.8 Å². The van der Waals surface area contributed by atoms with E-state index < -0.39 is 21.0 Å². The van der Waals surface area contributed by atoms with Crippen molar-refractivity contribution in [1.82, 2.24) is 24.7 Å². The van der Waals surface area contributed by atoms with Crippen LogP contribution in [0.4, 0.5) is 0 Å². The highest BCUT2D eigenvalue weighted by molar-refractivity contribution is 7.91. The monoisotopic (exact) mass is 535 g/mol. The first kappa shape index (κ1) is 26.3. The molecule has 1 saturated heterocycles. The van der Waals surface area contributed by atoms with E-state index in [0.717, 1.165) is 19.3 Å². The molecule has 12 heteroatoms. The standard InChI is InChI=1S/C24H30ClN5O5S/c1-15(23-26-12-17(25)13-27-23)16(2)36(31,32)14-21-28-29-24(20-8-5-6-11-35-20)30(21)22-18(33-3)9-7-10-19(22)34-4/h7,9-10,12-13,15-16,20H,5-6,8,11,14H2,1-4H3/t15-,16-,20+/m0/s1. The first-order chi connectivity index (χ1) is 17.3. The highest BCUT2D eigenvalue weighted by Gasteiger charge is 2.34. The van der Waals surface area contributed by atoms with Gasteiger partial charge in [-0.3, -0.25) is 4.57 Å². The fourth-order valence-corrected chi connectivity index (χ4v) is 5.91. The lowest BCUT2D eigenvalue weighted by Gasteiger charge is -2.24. The molecule has 0 saturated carbocycles. The maximum atomic E-state index is 13.6. The molecule has 36 heavy (non-hydrogen) atoms. The molecule has 3 atom stereocenters. The second-order valence-corrected chi connectivity index (χ2v) is 11.5. The Hall–Kier alpha value is -2.76. The molecular formula is C24H30ClN5O5S. The van der Waals surface area contributed by atoms with Gasteiger partial charge in [-0.05, 0) is 38.3 Å². The number of hydrogen-bond acceptors (Lipinski definition) is 9. The van der Waals surface area contributed by atoms with Crippen LogP contribution >= 0.6 is 11.6 Å². The third-order valence-electron chi connectivity index (χ3n) is 6.50. The van der Waals surface area contributed by atoms with Gasteiger partial charge in [-0.2, -0.15) is 0 Å². The maximum absolute atomic E-state index is 13.6. The Balaban J connectivity index is 1.77. The summed E-state index contributed by atoms with van der Waals surface area (Å²) in [5, 5.41) is 8.31. The van der Waals surface area contributed by atoms with Crippen LogP contribution < -0.4 is 9.47 Å². The van der Waals surface area contributed by atoms with E-state index >= 15 is 0 Å². The number of rotatable bonds is 9. The molecule has 3 heterocycles. The van der Waals surface area contributed by atoms with Crippen molar-refractivity contribution in [3.05, 3.63) is 53.1 Å². The van der Waals surface area contributed by atoms with Crippen molar-refractivity contribution in [1.29, 1.82) is 0 Å². The van der Waals surface area contributed by atoms with Gasteiger partial charge in [0.25, 0.3) is 0 Å². The number of para-hydroxylation sites is 1. The lowest BCUT2D eigenvalue weighted by Crippen LogP contribution is -2.28. The Labute approximate surface area is 215 Å². The summed E-state index contributed by atoms with van der Waals surface area (Å²) < 4.78 is 46.1. The Kier molecular flexibility index (Phi) is 8.11. The quantitative estimate of drug-likeness (QED) is 0.399. The van der Waals surface area contributed by atoms with Crippen LogP contribution in [0.3, 0.4) is 0 Å². The number of ether oxygens (including phenoxy) is 3. The largest absolute Gasteiger partial charge is 0.494 e. The number of sulfone groups is 1. The van der Waals surface area contributed by atoms with Crippen LogP contribution in [-0.4, -0.2) is 59.2 Å². The van der Waals surface area contributed by atoms with E-state index in [0.29, 0.717) is 40.5 Å². The van der Waals surface area contributed by atoms with Gasteiger partial charge in [0.15, 0.2) is 21.5 Å². The number of hydrogen-bond donors (Lipinski definition) is 0. The van der Waals surface area contributed by atoms with Gasteiger partial charge in [-0.15, -0.1) is 10.2 Å². The summed E-state index contributed by atoms with van der Waals surface area (Å²) in [6.45, 7) is 4.03. The first-order valence-electron chi connectivity index (χ1n) is 11.7. The van der Waals surface area contributed by atoms with Crippen molar-refractivity contribution >= 4 is 21.4 Å². The lowest BCUT2D eigenvalue weighted by atomic mass is 10.1. The van der Waals surface area contributed by atoms with E-state index in [1.165, 1.54) is 12.4 Å². The predicted molar refractivity (Wildman–Crippen MR) is 135 cm³/mol. The van der Waals surface area contributed by atoms with Crippen molar-refractivity contribution in [3.63, 3.8) is 0 Å². The van der Waals surface area contributed by atoms with Crippen LogP contribution in [0.15, 0.2) is 30.6 Å². The van der Waals surface area contributed by atoms with Gasteiger partial charge in [0.2, 0.25) is 0 Å². The van der Waals surface area contributed by atoms with Gasteiger partial charge < -0.3 is 14.2 Å². The predicted octanol–water partition coefficient (Wildman–Crippen LogP) is 4.08. The second kappa shape index (κ2) is 11.1. The molecule has 1 aromatic carbocycles. The molecule has 0 spiro atoms. The van der Waals surface area contributed by atoms with Crippen molar-refractivity contribution in [2.24, 2.45) is 0 Å². The molecule has 0 radical (unpaired) electrons. The topological polar surface area (TPSA) is 118 Å². The Morgan fingerprint density at radius 2 is 1.78 bits per heavy atom. The molecule has 4 rings (SSSR count). The second-order valence-electron chi connectivity index (χ2n) is 8.74. The molecule has 1 aliphatic rings. The Morgan fingerprint density at radius 3 is 2.36 bits per heavy atom. The number of methoxy groups -OCH3 is 2. The maximum Gasteiger partial charge on any atom is 0.167 e. The van der Waals surface area contributed by atoms with Crippen molar-refractivity contribution in [3.8, 4) is 17.2 Å². The summed E-state index contributed by atoms with van der Waals surface area (Å²) in [4.78, 5) is 8.41. The first-order valence-corrected chi connectivity index (χ1v) is 13.8. The molecular weight excluding hydrogens is 506 g/mol. The van der Waals surface area contributed by atoms with Gasteiger partial charge in [-0.25, -0.2) is 18.4 Å². The van der Waals surface area contributed by atoms with Crippen molar-refractivity contribution < 1.29 is 22.6 Å². The van der Waals surface area contributed by atoms with E-state index in [4.69, 9.17) is 25.8 Å². The van der Waals surface area contributed by atoms with Gasteiger partial charge >= 0.3 is 0 Å². The molecule has 194 valence electrons. The molecule has 3 aromatic rings. The summed E-state index contributed by atoms with van der Waals surface area (Å²) in [6, 6.07) is 5.36. The van der Waals surface area contributed by atoms with Gasteiger partial charge in [0, 0.05) is 24.9 Å². The third-order valence-corrected chi connectivity index (χ3v) is 8.89. The molecule has 1 fully saturated rings. The zero-order valence-corrected chi connectivity index (χ0v) is 22.3. The normalized spacial score (nSPS) is 18.0. The molecule has 1 aliphatic heterocycles. The highest BCUT2D eigenvalue weighted by Crippen LogP contribution is 2.38. The summed E-state index contributed by atoms with van der Waals surface area (Å²) in [5.74, 6) is 1.35. The number of benzene rings is 1. The van der Waals surface area contributed by atoms with Crippen LogP contribution in [0.1, 0.15) is 62.6 Å². The molecule has 0 N–H and O–H groups in total. The van der Waals surface area contributed by atoms with Crippen LogP contribution in [0.25, 0.3) is 5.69 Å². The minimum Gasteiger partial charge on any atom is -0.494 e. The van der Waals surface area contributed by atoms with E-state index in [-0.39, 0.29) is 17.7 Å². The molecule has 2 aromatic heterocycles. The Bertz CT molecular complexity index is 1270. The molecule has 0 aliphatic carbocycles. The van der Waals surface area contributed by atoms with E-state index in [1.807, 2.05) is 0 Å². The number of halogens is 1. The SMILES string of the molecule is COc1cccc(OC)c1-n1c(CS(=O)(=O)[C@@H](C)[C@H](C)c2ncc(Cl)cn2)nnc1[C@H]1CCCCO1. The zero-order valence-electron chi connectivity index (χ0n) is 20.7. The summed E-state index contributed by atoms with van der Waals surface area (Å²) in [5.41, 5.74) is 0.531. The fourth-order valence-electron chi connectivity index (χ4n) is 4.26. The molecule has 0 amide bonds. The Morgan fingerprint density at radius 1 is 1.11 bits per heavy atom. The van der Waals surface area contributed by atoms with E-state index in [9.17, 15) is 8.42 Å². The third kappa shape index (κ3) is 5.33. The summed E-state index contributed by atoms with van der Waals surface area (Å²) in [7, 11) is -0.622. The summed E-state index contributed by atoms with van der Waals surface area (Å²) in [6.07, 6.45) is 5.29. The lowest BCUT2D eigenvalue weighted by molar-refractivity contribution is 0.00828. The number of nitrogens with zero attached hydrogens (tertiary/aromatic N) is 5. The van der Waals surface area contributed by atoms with Crippen LogP contribution in [-0.2, 0) is 20.3 Å². The van der Waals surface area contributed by atoms with Crippen molar-refractivity contribution in [2.45, 2.75) is 56.1 Å². The van der Waals surface area contributed by atoms with Gasteiger partial charge in [0.05, 0.1) is 24.5 Å². The molecule has 0 bridgehead atoms. The van der Waals surface area contributed by atoms with Crippen LogP contribution in [0.5, 0.6) is 11.5 Å². The average molecular weight is 536 g/mol. The van der Waals surface area contributed by atoms with Gasteiger partial charge in [0.1, 0.15) is 34.9 Å². The minimum atomic E-state index is -3.72. The van der Waals surface area contributed by atoms with Crippen molar-refractivity contribution in [2.75, 3.05) is 20.8 Å². The zero-order chi connectivity index (χ0) is 25.9. The fraction of sp³-hybridized carbons (Fsp3) is 0.500. The van der Waals surface area contributed by atoms with Gasteiger partial charge in [-0.1, -0.05) is 24.6 Å². The highest BCUT2D eigenvalue weighted by atomic mass is 35.5. The molecule has 0 unspecified atom stereocenters. The number of aromatic nitrogens is 5. The molecule has 10 nitrogen and oxygen atoms in total. The van der Waals surface area contributed by atoms with E-state index in [2.05, 4.69) is 20.2 Å². The minimum absolute atomic E-state index is 0.248. The smallest absolute Gasteiger partial charge is 0.167 e. The van der Waals surface area contributed by atoms with Crippen LogP contribution in [0, 0.1) is 0 Å².